The Morgan fingerprint density at radius 2 is 2.00 bits per heavy atom. The zero-order valence-corrected chi connectivity index (χ0v) is 15.5. The molecule has 2 atom stereocenters. The van der Waals surface area contributed by atoms with Crippen LogP contribution in [0, 0.1) is 5.92 Å². The fourth-order valence-electron chi connectivity index (χ4n) is 3.56. The quantitative estimate of drug-likeness (QED) is 0.745. The summed E-state index contributed by atoms with van der Waals surface area (Å²) in [6, 6.07) is 3.40. The predicted molar refractivity (Wildman–Crippen MR) is 97.1 cm³/mol. The first-order chi connectivity index (χ1) is 13.0. The third-order valence-electron chi connectivity index (χ3n) is 4.98. The molecule has 2 fully saturated rings. The van der Waals surface area contributed by atoms with E-state index in [-0.39, 0.29) is 29.4 Å². The number of amides is 1. The highest BCUT2D eigenvalue weighted by molar-refractivity contribution is 7.91. The van der Waals surface area contributed by atoms with E-state index in [4.69, 9.17) is 0 Å². The molecule has 2 aliphatic heterocycles. The zero-order chi connectivity index (χ0) is 18.9. The molecule has 10 nitrogen and oxygen atoms in total. The molecule has 0 bridgehead atoms. The number of aromatic nitrogens is 5. The Morgan fingerprint density at radius 1 is 1.19 bits per heavy atom. The minimum Gasteiger partial charge on any atom is -0.354 e. The van der Waals surface area contributed by atoms with Gasteiger partial charge in [0.2, 0.25) is 5.91 Å². The van der Waals surface area contributed by atoms with Crippen molar-refractivity contribution in [3.63, 3.8) is 0 Å². The smallest absolute Gasteiger partial charge is 0.225 e. The van der Waals surface area contributed by atoms with Crippen molar-refractivity contribution in [3.05, 3.63) is 24.8 Å². The number of hydrogen-bond donors (Lipinski definition) is 1. The van der Waals surface area contributed by atoms with E-state index in [1.807, 2.05) is 17.0 Å². The fraction of sp³-hybridized carbons (Fsp3) is 0.562. The number of anilines is 1. The Hall–Kier alpha value is -2.56. The van der Waals surface area contributed by atoms with Gasteiger partial charge in [-0.05, 0) is 31.4 Å². The number of sulfone groups is 1. The number of piperidine rings is 1. The fourth-order valence-corrected chi connectivity index (χ4v) is 5.24. The van der Waals surface area contributed by atoms with Crippen LogP contribution in [-0.2, 0) is 14.6 Å². The molecule has 144 valence electrons. The Morgan fingerprint density at radius 3 is 2.67 bits per heavy atom. The molecule has 4 rings (SSSR count). The van der Waals surface area contributed by atoms with Gasteiger partial charge in [-0.25, -0.2) is 18.1 Å². The van der Waals surface area contributed by atoms with E-state index >= 15 is 0 Å². The molecule has 11 heteroatoms. The summed E-state index contributed by atoms with van der Waals surface area (Å²) in [5.41, 5.74) is 0. The van der Waals surface area contributed by atoms with E-state index in [2.05, 4.69) is 25.6 Å². The Kier molecular flexibility index (Phi) is 4.77. The van der Waals surface area contributed by atoms with Crippen LogP contribution in [0.1, 0.15) is 19.3 Å². The summed E-state index contributed by atoms with van der Waals surface area (Å²) in [5, 5.41) is 15.3. The summed E-state index contributed by atoms with van der Waals surface area (Å²) < 4.78 is 24.7. The van der Waals surface area contributed by atoms with Gasteiger partial charge in [-0.1, -0.05) is 0 Å². The van der Waals surface area contributed by atoms with Crippen molar-refractivity contribution < 1.29 is 13.2 Å². The highest BCUT2D eigenvalue weighted by Gasteiger charge is 2.32. The number of nitrogens with one attached hydrogen (secondary N) is 1. The molecule has 4 heterocycles. The van der Waals surface area contributed by atoms with Crippen molar-refractivity contribution in [2.24, 2.45) is 5.92 Å². The lowest BCUT2D eigenvalue weighted by atomic mass is 9.96. The van der Waals surface area contributed by atoms with Crippen LogP contribution in [0.25, 0.3) is 5.82 Å². The van der Waals surface area contributed by atoms with Crippen LogP contribution in [0.5, 0.6) is 0 Å². The molecule has 1 N–H and O–H groups in total. The molecule has 0 aliphatic carbocycles. The van der Waals surface area contributed by atoms with Crippen LogP contribution in [0.4, 0.5) is 5.82 Å². The molecule has 2 aromatic rings. The third-order valence-corrected chi connectivity index (χ3v) is 6.75. The van der Waals surface area contributed by atoms with Gasteiger partial charge in [-0.3, -0.25) is 4.79 Å². The largest absolute Gasteiger partial charge is 0.354 e. The van der Waals surface area contributed by atoms with Gasteiger partial charge in [0.1, 0.15) is 12.7 Å². The third kappa shape index (κ3) is 4.07. The summed E-state index contributed by atoms with van der Waals surface area (Å²) in [5.74, 6) is 1.23. The van der Waals surface area contributed by atoms with Gasteiger partial charge in [0, 0.05) is 19.1 Å². The van der Waals surface area contributed by atoms with Gasteiger partial charge in [-0.2, -0.15) is 5.10 Å². The number of carbonyl (C=O) groups is 1. The van der Waals surface area contributed by atoms with Gasteiger partial charge in [0.25, 0.3) is 0 Å². The molecular weight excluding hydrogens is 370 g/mol. The lowest BCUT2D eigenvalue weighted by Crippen LogP contribution is -2.46. The summed E-state index contributed by atoms with van der Waals surface area (Å²) in [7, 11) is -3.00. The van der Waals surface area contributed by atoms with E-state index in [0.29, 0.717) is 24.6 Å². The lowest BCUT2D eigenvalue weighted by Gasteiger charge is -2.33. The maximum Gasteiger partial charge on any atom is 0.225 e. The van der Waals surface area contributed by atoms with Crippen molar-refractivity contribution in [2.45, 2.75) is 25.3 Å². The second-order valence-electron chi connectivity index (χ2n) is 6.98. The maximum absolute atomic E-state index is 12.6. The highest BCUT2D eigenvalue weighted by atomic mass is 32.2. The summed E-state index contributed by atoms with van der Waals surface area (Å²) >= 11 is 0. The summed E-state index contributed by atoms with van der Waals surface area (Å²) in [4.78, 5) is 18.5. The minimum atomic E-state index is -3.00. The SMILES string of the molecule is O=C(N[C@H]1CCS(=O)(=O)C1)[C@H]1CCCN(c2ccc(-n3cncn3)nn2)C1. The number of rotatable bonds is 4. The van der Waals surface area contributed by atoms with Gasteiger partial charge >= 0.3 is 0 Å². The molecule has 2 aliphatic rings. The number of hydrogen-bond acceptors (Lipinski definition) is 8. The Bertz CT molecular complexity index is 899. The van der Waals surface area contributed by atoms with E-state index in [1.54, 1.807) is 6.33 Å². The zero-order valence-electron chi connectivity index (χ0n) is 14.7. The Balaban J connectivity index is 1.38. The van der Waals surface area contributed by atoms with E-state index in [1.165, 1.54) is 11.0 Å². The molecule has 0 spiro atoms. The molecule has 2 aromatic heterocycles. The standard InChI is InChI=1S/C16H21N7O3S/c24-16(19-13-5-7-27(25,26)9-13)12-2-1-6-22(8-12)14-3-4-15(21-20-14)23-11-17-10-18-23/h3-4,10-13H,1-2,5-9H2,(H,19,24)/t12-,13-/m0/s1. The summed E-state index contributed by atoms with van der Waals surface area (Å²) in [6.45, 7) is 1.35. The van der Waals surface area contributed by atoms with E-state index in [9.17, 15) is 13.2 Å². The second-order valence-corrected chi connectivity index (χ2v) is 9.21. The van der Waals surface area contributed by atoms with E-state index < -0.39 is 9.84 Å². The Labute approximate surface area is 156 Å². The van der Waals surface area contributed by atoms with Crippen LogP contribution in [-0.4, -0.2) is 69.9 Å². The van der Waals surface area contributed by atoms with Crippen LogP contribution < -0.4 is 10.2 Å². The van der Waals surface area contributed by atoms with Gasteiger partial charge in [0.05, 0.1) is 17.4 Å². The molecular formula is C16H21N7O3S. The molecule has 1 amide bonds. The van der Waals surface area contributed by atoms with E-state index in [0.717, 1.165) is 19.4 Å². The molecule has 2 saturated heterocycles. The highest BCUT2D eigenvalue weighted by Crippen LogP contribution is 2.22. The van der Waals surface area contributed by atoms with Crippen molar-refractivity contribution in [1.29, 1.82) is 0 Å². The first-order valence-corrected chi connectivity index (χ1v) is 10.8. The van der Waals surface area contributed by atoms with Gasteiger partial charge in [-0.15, -0.1) is 10.2 Å². The van der Waals surface area contributed by atoms with Gasteiger partial charge in [0.15, 0.2) is 21.5 Å². The van der Waals surface area contributed by atoms with Crippen molar-refractivity contribution in [2.75, 3.05) is 29.5 Å². The predicted octanol–water partition coefficient (Wildman–Crippen LogP) is -0.423. The topological polar surface area (TPSA) is 123 Å². The van der Waals surface area contributed by atoms with Crippen LogP contribution in [0.2, 0.25) is 0 Å². The average molecular weight is 391 g/mol. The first kappa shape index (κ1) is 17.8. The number of nitrogens with zero attached hydrogens (tertiary/aromatic N) is 6. The normalized spacial score (nSPS) is 24.7. The number of carbonyl (C=O) groups excluding carboxylic acids is 1. The molecule has 0 saturated carbocycles. The average Bonchev–Trinajstić information content (AvgIpc) is 3.32. The minimum absolute atomic E-state index is 0.0460. The molecule has 0 aromatic carbocycles. The summed E-state index contributed by atoms with van der Waals surface area (Å²) in [6.07, 6.45) is 5.13. The van der Waals surface area contributed by atoms with Crippen LogP contribution in [0.3, 0.4) is 0 Å². The monoisotopic (exact) mass is 391 g/mol. The van der Waals surface area contributed by atoms with Gasteiger partial charge < -0.3 is 10.2 Å². The van der Waals surface area contributed by atoms with Crippen LogP contribution >= 0.6 is 0 Å². The van der Waals surface area contributed by atoms with Crippen molar-refractivity contribution in [3.8, 4) is 5.82 Å². The van der Waals surface area contributed by atoms with Crippen molar-refractivity contribution in [1.82, 2.24) is 30.3 Å². The lowest BCUT2D eigenvalue weighted by molar-refractivity contribution is -0.125. The molecule has 0 radical (unpaired) electrons. The van der Waals surface area contributed by atoms with Crippen molar-refractivity contribution >= 4 is 21.6 Å². The maximum atomic E-state index is 12.6. The second kappa shape index (κ2) is 7.22. The molecule has 27 heavy (non-hydrogen) atoms. The molecule has 0 unspecified atom stereocenters. The van der Waals surface area contributed by atoms with Crippen LogP contribution in [0.15, 0.2) is 24.8 Å². The first-order valence-electron chi connectivity index (χ1n) is 8.95.